The van der Waals surface area contributed by atoms with Gasteiger partial charge in [0, 0.05) is 17.8 Å². The van der Waals surface area contributed by atoms with Crippen molar-refractivity contribution >= 4 is 16.6 Å². The van der Waals surface area contributed by atoms with Crippen LogP contribution in [0.25, 0.3) is 28.1 Å². The van der Waals surface area contributed by atoms with Crippen molar-refractivity contribution < 1.29 is 9.15 Å². The molecule has 0 aliphatic carbocycles. The first kappa shape index (κ1) is 12.5. The van der Waals surface area contributed by atoms with Crippen LogP contribution in [-0.4, -0.2) is 16.5 Å². The Hall–Kier alpha value is -3.26. The van der Waals surface area contributed by atoms with Crippen LogP contribution in [0.4, 0.5) is 0 Å². The lowest BCUT2D eigenvalue weighted by molar-refractivity contribution is 0.415. The normalized spacial score (nSPS) is 10.9. The molecule has 0 radical (unpaired) electrons. The summed E-state index contributed by atoms with van der Waals surface area (Å²) in [5.41, 5.74) is 2.81. The second-order valence-corrected chi connectivity index (χ2v) is 4.93. The third-order valence-corrected chi connectivity index (χ3v) is 3.57. The third kappa shape index (κ3) is 1.90. The molecule has 0 unspecified atom stereocenters. The minimum atomic E-state index is 0.582. The van der Waals surface area contributed by atoms with Crippen LogP contribution in [-0.2, 0) is 0 Å². The van der Waals surface area contributed by atoms with E-state index < -0.39 is 0 Å². The predicted molar refractivity (Wildman–Crippen MR) is 81.7 cm³/mol. The molecule has 0 spiro atoms. The van der Waals surface area contributed by atoms with E-state index in [1.807, 2.05) is 41.1 Å². The molecule has 0 aliphatic heterocycles. The molecule has 0 amide bonds. The maximum absolute atomic E-state index is 8.95. The van der Waals surface area contributed by atoms with Gasteiger partial charge in [0.15, 0.2) is 5.76 Å². The fraction of sp³-hybridized carbons (Fsp3) is 0.0588. The molecule has 4 rings (SSSR count). The van der Waals surface area contributed by atoms with Gasteiger partial charge in [-0.3, -0.25) is 0 Å². The second-order valence-electron chi connectivity index (χ2n) is 4.93. The molecule has 106 valence electrons. The number of benzene rings is 1. The molecule has 0 fully saturated rings. The van der Waals surface area contributed by atoms with Crippen LogP contribution < -0.4 is 4.74 Å². The number of imidazole rings is 1. The number of rotatable bonds is 2. The van der Waals surface area contributed by atoms with Crippen LogP contribution in [0.2, 0.25) is 0 Å². The Labute approximate surface area is 126 Å². The molecule has 0 aliphatic rings. The van der Waals surface area contributed by atoms with Gasteiger partial charge in [0.05, 0.1) is 18.7 Å². The summed E-state index contributed by atoms with van der Waals surface area (Å²) in [6.45, 7) is 0. The lowest BCUT2D eigenvalue weighted by Gasteiger charge is -1.96. The standard InChI is InChI=1S/C17H11N3O2/c1-21-13-2-3-15-12(7-13)8-16(22-15)14-10-20-5-4-11(9-18)6-17(20)19-14/h2-8,10H,1H3. The van der Waals surface area contributed by atoms with Gasteiger partial charge < -0.3 is 13.6 Å². The zero-order valence-electron chi connectivity index (χ0n) is 11.8. The van der Waals surface area contributed by atoms with Gasteiger partial charge >= 0.3 is 0 Å². The molecule has 3 aromatic heterocycles. The maximum Gasteiger partial charge on any atom is 0.155 e. The largest absolute Gasteiger partial charge is 0.497 e. The number of hydrogen-bond acceptors (Lipinski definition) is 4. The van der Waals surface area contributed by atoms with Crippen molar-refractivity contribution in [2.45, 2.75) is 0 Å². The van der Waals surface area contributed by atoms with E-state index in [9.17, 15) is 0 Å². The summed E-state index contributed by atoms with van der Waals surface area (Å²) in [5.74, 6) is 1.47. The summed E-state index contributed by atoms with van der Waals surface area (Å²) < 4.78 is 12.9. The van der Waals surface area contributed by atoms with Gasteiger partial charge in [0.2, 0.25) is 0 Å². The van der Waals surface area contributed by atoms with Crippen molar-refractivity contribution in [3.63, 3.8) is 0 Å². The molecular weight excluding hydrogens is 278 g/mol. The molecule has 1 aromatic carbocycles. The van der Waals surface area contributed by atoms with Crippen molar-refractivity contribution in [3.05, 3.63) is 54.4 Å². The van der Waals surface area contributed by atoms with Gasteiger partial charge in [-0.15, -0.1) is 0 Å². The van der Waals surface area contributed by atoms with E-state index in [1.165, 1.54) is 0 Å². The van der Waals surface area contributed by atoms with E-state index in [1.54, 1.807) is 19.2 Å². The van der Waals surface area contributed by atoms with E-state index in [-0.39, 0.29) is 0 Å². The second kappa shape index (κ2) is 4.64. The highest BCUT2D eigenvalue weighted by Gasteiger charge is 2.11. The average Bonchev–Trinajstić information content (AvgIpc) is 3.16. The Bertz CT molecular complexity index is 1040. The van der Waals surface area contributed by atoms with Crippen molar-refractivity contribution in [3.8, 4) is 23.3 Å². The zero-order chi connectivity index (χ0) is 15.1. The van der Waals surface area contributed by atoms with E-state index in [2.05, 4.69) is 11.1 Å². The van der Waals surface area contributed by atoms with E-state index in [0.717, 1.165) is 22.4 Å². The minimum Gasteiger partial charge on any atom is -0.497 e. The number of pyridine rings is 1. The van der Waals surface area contributed by atoms with E-state index in [0.29, 0.717) is 17.0 Å². The molecule has 4 aromatic rings. The smallest absolute Gasteiger partial charge is 0.155 e. The molecule has 5 nitrogen and oxygen atoms in total. The molecule has 0 N–H and O–H groups in total. The molecule has 3 heterocycles. The van der Waals surface area contributed by atoms with Crippen molar-refractivity contribution in [1.29, 1.82) is 5.26 Å². The Morgan fingerprint density at radius 2 is 2.14 bits per heavy atom. The number of furan rings is 1. The summed E-state index contributed by atoms with van der Waals surface area (Å²) >= 11 is 0. The Morgan fingerprint density at radius 1 is 1.23 bits per heavy atom. The van der Waals surface area contributed by atoms with E-state index >= 15 is 0 Å². The summed E-state index contributed by atoms with van der Waals surface area (Å²) in [5, 5.41) is 9.91. The molecule has 22 heavy (non-hydrogen) atoms. The number of fused-ring (bicyclic) bond motifs is 2. The number of aromatic nitrogens is 2. The predicted octanol–water partition coefficient (Wildman–Crippen LogP) is 3.63. The average molecular weight is 289 g/mol. The highest BCUT2D eigenvalue weighted by Crippen LogP contribution is 2.29. The van der Waals surface area contributed by atoms with Crippen molar-refractivity contribution in [2.75, 3.05) is 7.11 Å². The molecule has 0 atom stereocenters. The fourth-order valence-corrected chi connectivity index (χ4v) is 2.44. The van der Waals surface area contributed by atoms with Crippen LogP contribution in [0.3, 0.4) is 0 Å². The highest BCUT2D eigenvalue weighted by molar-refractivity contribution is 5.83. The summed E-state index contributed by atoms with van der Waals surface area (Å²) in [6, 6.07) is 13.2. The van der Waals surface area contributed by atoms with Crippen molar-refractivity contribution in [1.82, 2.24) is 9.38 Å². The summed E-state index contributed by atoms with van der Waals surface area (Å²) in [6.07, 6.45) is 3.70. The fourth-order valence-electron chi connectivity index (χ4n) is 2.44. The topological polar surface area (TPSA) is 63.5 Å². The number of hydrogen-bond donors (Lipinski definition) is 0. The molecule has 0 bridgehead atoms. The first-order chi connectivity index (χ1) is 10.8. The minimum absolute atomic E-state index is 0.582. The van der Waals surface area contributed by atoms with Gasteiger partial charge in [-0.05, 0) is 36.4 Å². The Kier molecular flexibility index (Phi) is 2.63. The third-order valence-electron chi connectivity index (χ3n) is 3.57. The first-order valence-corrected chi connectivity index (χ1v) is 6.73. The Balaban J connectivity index is 1.85. The SMILES string of the molecule is COc1ccc2oc(-c3cn4ccc(C#N)cc4n3)cc2c1. The van der Waals surface area contributed by atoms with Crippen LogP contribution in [0.15, 0.2) is 53.2 Å². The summed E-state index contributed by atoms with van der Waals surface area (Å²) in [7, 11) is 1.64. The van der Waals surface area contributed by atoms with Crippen LogP contribution in [0.5, 0.6) is 5.75 Å². The van der Waals surface area contributed by atoms with Crippen LogP contribution in [0, 0.1) is 11.3 Å². The quantitative estimate of drug-likeness (QED) is 0.565. The monoisotopic (exact) mass is 289 g/mol. The Morgan fingerprint density at radius 3 is 2.95 bits per heavy atom. The zero-order valence-corrected chi connectivity index (χ0v) is 11.8. The lowest BCUT2D eigenvalue weighted by atomic mass is 10.2. The van der Waals surface area contributed by atoms with Gasteiger partial charge in [0.25, 0.3) is 0 Å². The number of nitrogens with zero attached hydrogens (tertiary/aromatic N) is 3. The van der Waals surface area contributed by atoms with Gasteiger partial charge in [-0.25, -0.2) is 4.98 Å². The van der Waals surface area contributed by atoms with Gasteiger partial charge in [-0.2, -0.15) is 5.26 Å². The molecular formula is C17H11N3O2. The molecule has 5 heteroatoms. The van der Waals surface area contributed by atoms with Gasteiger partial charge in [0.1, 0.15) is 22.7 Å². The van der Waals surface area contributed by atoms with Crippen LogP contribution in [0.1, 0.15) is 5.56 Å². The highest BCUT2D eigenvalue weighted by atomic mass is 16.5. The lowest BCUT2D eigenvalue weighted by Crippen LogP contribution is -1.82. The van der Waals surface area contributed by atoms with E-state index in [4.69, 9.17) is 14.4 Å². The maximum atomic E-state index is 8.95. The number of nitriles is 1. The summed E-state index contributed by atoms with van der Waals surface area (Å²) in [4.78, 5) is 4.52. The first-order valence-electron chi connectivity index (χ1n) is 6.73. The van der Waals surface area contributed by atoms with Crippen LogP contribution >= 0.6 is 0 Å². The van der Waals surface area contributed by atoms with Gasteiger partial charge in [-0.1, -0.05) is 0 Å². The molecule has 0 saturated carbocycles. The molecule has 0 saturated heterocycles. The number of ether oxygens (including phenoxy) is 1. The van der Waals surface area contributed by atoms with Crippen molar-refractivity contribution in [2.24, 2.45) is 0 Å². The number of methoxy groups -OCH3 is 1.